The highest BCUT2D eigenvalue weighted by molar-refractivity contribution is 5.98. The zero-order valence-electron chi connectivity index (χ0n) is 14.7. The van der Waals surface area contributed by atoms with Crippen molar-refractivity contribution in [1.82, 2.24) is 9.88 Å². The van der Waals surface area contributed by atoms with Gasteiger partial charge in [-0.15, -0.1) is 0 Å². The van der Waals surface area contributed by atoms with Crippen LogP contribution < -0.4 is 4.74 Å². The van der Waals surface area contributed by atoms with Gasteiger partial charge in [0, 0.05) is 48.6 Å². The van der Waals surface area contributed by atoms with Gasteiger partial charge in [-0.3, -0.25) is 4.79 Å². The first kappa shape index (κ1) is 15.5. The highest BCUT2D eigenvalue weighted by atomic mass is 16.5. The quantitative estimate of drug-likeness (QED) is 0.719. The molecule has 1 saturated heterocycles. The van der Waals surface area contributed by atoms with Crippen LogP contribution in [0, 0.1) is 0 Å². The molecule has 4 heteroatoms. The number of carbonyl (C=O) groups is 1. The molecular weight excluding hydrogens is 324 g/mol. The predicted molar refractivity (Wildman–Crippen MR) is 102 cm³/mol. The average Bonchev–Trinajstić information content (AvgIpc) is 3.16. The number of nitrogens with zero attached hydrogens (tertiary/aromatic N) is 1. The summed E-state index contributed by atoms with van der Waals surface area (Å²) in [5, 5.41) is 1.08. The van der Waals surface area contributed by atoms with E-state index in [1.807, 2.05) is 41.4 Å². The third-order valence-corrected chi connectivity index (χ3v) is 5.91. The lowest BCUT2D eigenvalue weighted by Crippen LogP contribution is -2.51. The fraction of sp³-hybridized carbons (Fsp3) is 0.318. The van der Waals surface area contributed by atoms with Gasteiger partial charge in [0.15, 0.2) is 0 Å². The average molecular weight is 346 g/mol. The lowest BCUT2D eigenvalue weighted by atomic mass is 9.83. The summed E-state index contributed by atoms with van der Waals surface area (Å²) in [6, 6.07) is 16.2. The zero-order valence-corrected chi connectivity index (χ0v) is 14.7. The molecule has 3 aromatic rings. The lowest BCUT2D eigenvalue weighted by Gasteiger charge is -2.44. The lowest BCUT2D eigenvalue weighted by molar-refractivity contribution is -0.0106. The molecule has 1 N–H and O–H groups in total. The third kappa shape index (κ3) is 2.57. The minimum atomic E-state index is -0.101. The molecule has 132 valence electrons. The first-order chi connectivity index (χ1) is 12.7. The van der Waals surface area contributed by atoms with Crippen LogP contribution in [-0.4, -0.2) is 34.5 Å². The number of aromatic nitrogens is 1. The van der Waals surface area contributed by atoms with Gasteiger partial charge in [0.25, 0.3) is 5.91 Å². The van der Waals surface area contributed by atoms with Crippen molar-refractivity contribution >= 4 is 16.8 Å². The number of hydrogen-bond acceptors (Lipinski definition) is 2. The molecule has 4 nitrogen and oxygen atoms in total. The van der Waals surface area contributed by atoms with E-state index in [1.54, 1.807) is 0 Å². The molecule has 2 aliphatic heterocycles. The largest absolute Gasteiger partial charge is 0.487 e. The van der Waals surface area contributed by atoms with E-state index in [1.165, 1.54) is 5.56 Å². The van der Waals surface area contributed by atoms with Gasteiger partial charge in [-0.25, -0.2) is 0 Å². The van der Waals surface area contributed by atoms with Crippen molar-refractivity contribution in [1.29, 1.82) is 0 Å². The van der Waals surface area contributed by atoms with Crippen molar-refractivity contribution in [3.8, 4) is 5.75 Å². The Hall–Kier alpha value is -2.75. The summed E-state index contributed by atoms with van der Waals surface area (Å²) >= 11 is 0. The number of ether oxygens (including phenoxy) is 1. The summed E-state index contributed by atoms with van der Waals surface area (Å²) in [6.07, 6.45) is 5.82. The second-order valence-corrected chi connectivity index (χ2v) is 7.46. The molecule has 1 aromatic heterocycles. The van der Waals surface area contributed by atoms with Crippen LogP contribution in [0.1, 0.15) is 35.2 Å². The Morgan fingerprint density at radius 3 is 2.77 bits per heavy atom. The first-order valence-electron chi connectivity index (χ1n) is 9.36. The van der Waals surface area contributed by atoms with E-state index < -0.39 is 0 Å². The van der Waals surface area contributed by atoms with Gasteiger partial charge in [-0.2, -0.15) is 0 Å². The highest BCUT2D eigenvalue weighted by Crippen LogP contribution is 2.39. The summed E-state index contributed by atoms with van der Waals surface area (Å²) in [6.45, 7) is 1.51. The van der Waals surface area contributed by atoms with Gasteiger partial charge in [0.05, 0.1) is 0 Å². The van der Waals surface area contributed by atoms with Gasteiger partial charge < -0.3 is 14.6 Å². The topological polar surface area (TPSA) is 45.3 Å². The van der Waals surface area contributed by atoms with Gasteiger partial charge in [0.1, 0.15) is 11.4 Å². The number of fused-ring (bicyclic) bond motifs is 2. The molecule has 0 aliphatic carbocycles. The van der Waals surface area contributed by atoms with Crippen LogP contribution in [0.3, 0.4) is 0 Å². The highest BCUT2D eigenvalue weighted by Gasteiger charge is 2.40. The molecule has 2 aliphatic rings. The van der Waals surface area contributed by atoms with Gasteiger partial charge >= 0.3 is 0 Å². The van der Waals surface area contributed by atoms with Crippen molar-refractivity contribution < 1.29 is 9.53 Å². The molecule has 1 fully saturated rings. The van der Waals surface area contributed by atoms with Crippen molar-refractivity contribution in [2.75, 3.05) is 13.1 Å². The molecule has 0 atom stereocenters. The second-order valence-electron chi connectivity index (χ2n) is 7.46. The van der Waals surface area contributed by atoms with Crippen LogP contribution in [-0.2, 0) is 6.42 Å². The normalized spacial score (nSPS) is 18.5. The summed E-state index contributed by atoms with van der Waals surface area (Å²) in [5.74, 6) is 1.15. The second kappa shape index (κ2) is 5.90. The Labute approximate surface area is 152 Å². The molecule has 5 rings (SSSR count). The smallest absolute Gasteiger partial charge is 0.253 e. The molecule has 0 radical (unpaired) electrons. The van der Waals surface area contributed by atoms with E-state index >= 15 is 0 Å². The Balaban J connectivity index is 1.30. The van der Waals surface area contributed by atoms with Crippen LogP contribution in [0.2, 0.25) is 0 Å². The Bertz CT molecular complexity index is 967. The number of piperidine rings is 1. The number of amides is 1. The minimum Gasteiger partial charge on any atom is -0.487 e. The maximum Gasteiger partial charge on any atom is 0.253 e. The maximum absolute atomic E-state index is 12.9. The molecule has 0 bridgehead atoms. The molecular formula is C22H22N2O2. The van der Waals surface area contributed by atoms with Crippen molar-refractivity contribution in [2.45, 2.75) is 31.3 Å². The predicted octanol–water partition coefficient (Wildman–Crippen LogP) is 4.17. The molecule has 1 amide bonds. The van der Waals surface area contributed by atoms with E-state index in [0.717, 1.165) is 61.0 Å². The van der Waals surface area contributed by atoms with Crippen molar-refractivity contribution in [2.24, 2.45) is 0 Å². The number of aromatic amines is 1. The van der Waals surface area contributed by atoms with Crippen molar-refractivity contribution in [3.05, 3.63) is 65.9 Å². The SMILES string of the molecule is O=C(c1ccc2[nH]ccc2c1)N1CCC2(CCc3ccccc3O2)CC1. The standard InChI is InChI=1S/C22H22N2O2/c25-21(18-5-6-19-17(15-18)8-12-23-19)24-13-10-22(11-14-24)9-7-16-3-1-2-4-20(16)26-22/h1-6,8,12,15,23H,7,9-11,13-14H2. The Kier molecular flexibility index (Phi) is 3.52. The maximum atomic E-state index is 12.9. The minimum absolute atomic E-state index is 0.101. The van der Waals surface area contributed by atoms with E-state index in [-0.39, 0.29) is 11.5 Å². The zero-order chi connectivity index (χ0) is 17.6. The summed E-state index contributed by atoms with van der Waals surface area (Å²) in [4.78, 5) is 18.1. The summed E-state index contributed by atoms with van der Waals surface area (Å²) in [5.41, 5.74) is 3.03. The molecule has 3 heterocycles. The van der Waals surface area contributed by atoms with E-state index in [9.17, 15) is 4.79 Å². The fourth-order valence-electron chi connectivity index (χ4n) is 4.29. The number of para-hydroxylation sites is 1. The molecule has 2 aromatic carbocycles. The van der Waals surface area contributed by atoms with Crippen molar-refractivity contribution in [3.63, 3.8) is 0 Å². The van der Waals surface area contributed by atoms with Gasteiger partial charge in [-0.1, -0.05) is 18.2 Å². The number of nitrogens with one attached hydrogen (secondary N) is 1. The number of H-pyrrole nitrogens is 1. The number of likely N-dealkylation sites (tertiary alicyclic amines) is 1. The molecule has 0 saturated carbocycles. The Morgan fingerprint density at radius 1 is 1.04 bits per heavy atom. The summed E-state index contributed by atoms with van der Waals surface area (Å²) < 4.78 is 6.40. The van der Waals surface area contributed by atoms with Crippen LogP contribution >= 0.6 is 0 Å². The molecule has 1 spiro atoms. The van der Waals surface area contributed by atoms with Crippen LogP contribution in [0.4, 0.5) is 0 Å². The third-order valence-electron chi connectivity index (χ3n) is 5.91. The number of carbonyl (C=O) groups excluding carboxylic acids is 1. The first-order valence-corrected chi connectivity index (χ1v) is 9.36. The van der Waals surface area contributed by atoms with E-state index in [2.05, 4.69) is 23.2 Å². The monoisotopic (exact) mass is 346 g/mol. The molecule has 0 unspecified atom stereocenters. The van der Waals surface area contributed by atoms with Crippen LogP contribution in [0.25, 0.3) is 10.9 Å². The fourth-order valence-corrected chi connectivity index (χ4v) is 4.29. The molecule has 26 heavy (non-hydrogen) atoms. The number of hydrogen-bond donors (Lipinski definition) is 1. The number of aryl methyl sites for hydroxylation is 1. The Morgan fingerprint density at radius 2 is 1.88 bits per heavy atom. The summed E-state index contributed by atoms with van der Waals surface area (Å²) in [7, 11) is 0. The van der Waals surface area contributed by atoms with Gasteiger partial charge in [-0.05, 0) is 48.7 Å². The van der Waals surface area contributed by atoms with E-state index in [4.69, 9.17) is 4.74 Å². The van der Waals surface area contributed by atoms with Gasteiger partial charge in [0.2, 0.25) is 0 Å². The number of benzene rings is 2. The van der Waals surface area contributed by atoms with E-state index in [0.29, 0.717) is 0 Å². The van der Waals surface area contributed by atoms with Crippen LogP contribution in [0.15, 0.2) is 54.7 Å². The van der Waals surface area contributed by atoms with Crippen LogP contribution in [0.5, 0.6) is 5.75 Å². The number of rotatable bonds is 1.